The van der Waals surface area contributed by atoms with E-state index in [2.05, 4.69) is 9.71 Å². The lowest BCUT2D eigenvalue weighted by molar-refractivity contribution is 0.601. The van der Waals surface area contributed by atoms with Crippen molar-refractivity contribution in [3.05, 3.63) is 65.9 Å². The van der Waals surface area contributed by atoms with Gasteiger partial charge in [-0.1, -0.05) is 35.9 Å². The number of hydrogen-bond acceptors (Lipinski definition) is 3. The molecule has 21 heavy (non-hydrogen) atoms. The molecule has 0 aliphatic rings. The average Bonchev–Trinajstić information content (AvgIpc) is 2.51. The van der Waals surface area contributed by atoms with Crippen molar-refractivity contribution in [3.63, 3.8) is 0 Å². The molecule has 1 N–H and O–H groups in total. The summed E-state index contributed by atoms with van der Waals surface area (Å²) < 4.78 is 27.3. The van der Waals surface area contributed by atoms with Crippen LogP contribution in [0.25, 0.3) is 10.8 Å². The maximum absolute atomic E-state index is 12.3. The summed E-state index contributed by atoms with van der Waals surface area (Å²) in [5.74, 6) is 0. The van der Waals surface area contributed by atoms with E-state index in [4.69, 9.17) is 11.6 Å². The van der Waals surface area contributed by atoms with Crippen molar-refractivity contribution in [3.8, 4) is 0 Å². The third-order valence-corrected chi connectivity index (χ3v) is 4.74. The van der Waals surface area contributed by atoms with Gasteiger partial charge in [0.2, 0.25) is 0 Å². The SMILES string of the molecule is O=S(=O)(Nc1ccc(Cl)c2ccccc12)c1cccnc1. The lowest BCUT2D eigenvalue weighted by Crippen LogP contribution is -2.13. The first-order valence-electron chi connectivity index (χ1n) is 6.18. The van der Waals surface area contributed by atoms with Gasteiger partial charge in [0.1, 0.15) is 4.90 Å². The first-order valence-corrected chi connectivity index (χ1v) is 8.04. The minimum absolute atomic E-state index is 0.115. The number of nitrogens with zero attached hydrogens (tertiary/aromatic N) is 1. The van der Waals surface area contributed by atoms with Crippen molar-refractivity contribution >= 4 is 38.1 Å². The average molecular weight is 319 g/mol. The van der Waals surface area contributed by atoms with Crippen molar-refractivity contribution in [2.45, 2.75) is 4.90 Å². The number of benzene rings is 2. The van der Waals surface area contributed by atoms with Crippen molar-refractivity contribution in [1.82, 2.24) is 4.98 Å². The normalized spacial score (nSPS) is 11.5. The number of sulfonamides is 1. The first kappa shape index (κ1) is 13.9. The van der Waals surface area contributed by atoms with Crippen LogP contribution in [0.15, 0.2) is 65.8 Å². The molecule has 4 nitrogen and oxygen atoms in total. The van der Waals surface area contributed by atoms with Gasteiger partial charge in [-0.15, -0.1) is 0 Å². The number of fused-ring (bicyclic) bond motifs is 1. The van der Waals surface area contributed by atoms with Gasteiger partial charge in [-0.25, -0.2) is 8.42 Å². The summed E-state index contributed by atoms with van der Waals surface area (Å²) in [6, 6.07) is 13.8. The molecule has 0 aliphatic carbocycles. The summed E-state index contributed by atoms with van der Waals surface area (Å²) in [7, 11) is -3.67. The van der Waals surface area contributed by atoms with Crippen molar-refractivity contribution in [1.29, 1.82) is 0 Å². The monoisotopic (exact) mass is 318 g/mol. The number of pyridine rings is 1. The molecule has 0 atom stereocenters. The lowest BCUT2D eigenvalue weighted by atomic mass is 10.1. The molecule has 0 fully saturated rings. The van der Waals surface area contributed by atoms with Crippen molar-refractivity contribution < 1.29 is 8.42 Å². The maximum atomic E-state index is 12.3. The van der Waals surface area contributed by atoms with Crippen LogP contribution >= 0.6 is 11.6 Å². The van der Waals surface area contributed by atoms with Crippen LogP contribution in [0.2, 0.25) is 5.02 Å². The van der Waals surface area contributed by atoms with E-state index in [1.807, 2.05) is 24.3 Å². The fourth-order valence-electron chi connectivity index (χ4n) is 2.06. The second-order valence-electron chi connectivity index (χ2n) is 4.43. The highest BCUT2D eigenvalue weighted by Gasteiger charge is 2.15. The highest BCUT2D eigenvalue weighted by atomic mass is 35.5. The summed E-state index contributed by atoms with van der Waals surface area (Å²) in [4.78, 5) is 3.94. The van der Waals surface area contributed by atoms with Crippen LogP contribution in [0, 0.1) is 0 Å². The van der Waals surface area contributed by atoms with Gasteiger partial charge in [0.15, 0.2) is 0 Å². The quantitative estimate of drug-likeness (QED) is 0.801. The number of halogens is 1. The molecule has 0 spiro atoms. The summed E-state index contributed by atoms with van der Waals surface area (Å²) >= 11 is 6.13. The largest absolute Gasteiger partial charge is 0.279 e. The minimum atomic E-state index is -3.67. The van der Waals surface area contributed by atoms with E-state index < -0.39 is 10.0 Å². The molecule has 0 saturated heterocycles. The second-order valence-corrected chi connectivity index (χ2v) is 6.52. The molecule has 3 aromatic rings. The molecule has 2 aromatic carbocycles. The summed E-state index contributed by atoms with van der Waals surface area (Å²) in [6.45, 7) is 0. The number of hydrogen-bond donors (Lipinski definition) is 1. The fourth-order valence-corrected chi connectivity index (χ4v) is 3.33. The van der Waals surface area contributed by atoms with Gasteiger partial charge >= 0.3 is 0 Å². The van der Waals surface area contributed by atoms with E-state index in [1.54, 1.807) is 18.2 Å². The summed E-state index contributed by atoms with van der Waals surface area (Å²) in [5.41, 5.74) is 0.485. The molecule has 0 bridgehead atoms. The van der Waals surface area contributed by atoms with Crippen LogP contribution in [0.4, 0.5) is 5.69 Å². The molecule has 0 radical (unpaired) electrons. The Morgan fingerprint density at radius 3 is 2.43 bits per heavy atom. The Balaban J connectivity index is 2.09. The van der Waals surface area contributed by atoms with Gasteiger partial charge in [0.05, 0.1) is 5.69 Å². The van der Waals surface area contributed by atoms with E-state index in [0.717, 1.165) is 10.8 Å². The molecule has 1 heterocycles. The van der Waals surface area contributed by atoms with Crippen LogP contribution in [0.5, 0.6) is 0 Å². The number of rotatable bonds is 3. The molecule has 3 rings (SSSR count). The van der Waals surface area contributed by atoms with E-state index in [0.29, 0.717) is 10.7 Å². The zero-order chi connectivity index (χ0) is 14.9. The smallest absolute Gasteiger partial charge is 0.263 e. The van der Waals surface area contributed by atoms with Crippen molar-refractivity contribution in [2.75, 3.05) is 4.72 Å². The number of aromatic nitrogens is 1. The van der Waals surface area contributed by atoms with E-state index in [-0.39, 0.29) is 4.90 Å². The second kappa shape index (κ2) is 5.35. The molecule has 6 heteroatoms. The van der Waals surface area contributed by atoms with Crippen LogP contribution in [-0.4, -0.2) is 13.4 Å². The first-order chi connectivity index (χ1) is 10.1. The minimum Gasteiger partial charge on any atom is -0.279 e. The summed E-state index contributed by atoms with van der Waals surface area (Å²) in [5, 5.41) is 2.12. The Labute approximate surface area is 127 Å². The van der Waals surface area contributed by atoms with Crippen LogP contribution in [0.1, 0.15) is 0 Å². The summed E-state index contributed by atoms with van der Waals surface area (Å²) in [6.07, 6.45) is 2.83. The van der Waals surface area contributed by atoms with Crippen LogP contribution in [0.3, 0.4) is 0 Å². The standard InChI is InChI=1S/C15H11ClN2O2S/c16-14-7-8-15(13-6-2-1-5-12(13)14)18-21(19,20)11-4-3-9-17-10-11/h1-10,18H. The Morgan fingerprint density at radius 1 is 0.952 bits per heavy atom. The Morgan fingerprint density at radius 2 is 1.71 bits per heavy atom. The van der Waals surface area contributed by atoms with E-state index >= 15 is 0 Å². The van der Waals surface area contributed by atoms with Gasteiger partial charge in [0, 0.05) is 28.2 Å². The van der Waals surface area contributed by atoms with Gasteiger partial charge in [-0.3, -0.25) is 9.71 Å². The highest BCUT2D eigenvalue weighted by molar-refractivity contribution is 7.92. The zero-order valence-corrected chi connectivity index (χ0v) is 12.4. The molecule has 0 aliphatic heterocycles. The molecular weight excluding hydrogens is 308 g/mol. The van der Waals surface area contributed by atoms with Crippen LogP contribution in [-0.2, 0) is 10.0 Å². The molecular formula is C15H11ClN2O2S. The topological polar surface area (TPSA) is 59.1 Å². The fraction of sp³-hybridized carbons (Fsp3) is 0. The third kappa shape index (κ3) is 2.70. The maximum Gasteiger partial charge on any atom is 0.263 e. The Bertz CT molecular complexity index is 896. The number of anilines is 1. The molecule has 0 saturated carbocycles. The Hall–Kier alpha value is -2.11. The molecule has 1 aromatic heterocycles. The Kier molecular flexibility index (Phi) is 3.53. The predicted molar refractivity (Wildman–Crippen MR) is 84.0 cm³/mol. The lowest BCUT2D eigenvalue weighted by Gasteiger charge is -2.11. The number of nitrogens with one attached hydrogen (secondary N) is 1. The zero-order valence-electron chi connectivity index (χ0n) is 10.8. The highest BCUT2D eigenvalue weighted by Crippen LogP contribution is 2.30. The van der Waals surface area contributed by atoms with Gasteiger partial charge in [-0.2, -0.15) is 0 Å². The van der Waals surface area contributed by atoms with Gasteiger partial charge in [0.25, 0.3) is 10.0 Å². The van der Waals surface area contributed by atoms with Crippen molar-refractivity contribution in [2.24, 2.45) is 0 Å². The van der Waals surface area contributed by atoms with Gasteiger partial charge in [-0.05, 0) is 24.3 Å². The molecule has 0 amide bonds. The predicted octanol–water partition coefficient (Wildman–Crippen LogP) is 3.69. The molecule has 106 valence electrons. The molecule has 0 unspecified atom stereocenters. The van der Waals surface area contributed by atoms with Gasteiger partial charge < -0.3 is 0 Å². The third-order valence-electron chi connectivity index (χ3n) is 3.06. The van der Waals surface area contributed by atoms with E-state index in [9.17, 15) is 8.42 Å². The van der Waals surface area contributed by atoms with E-state index in [1.165, 1.54) is 18.5 Å². The van der Waals surface area contributed by atoms with Crippen LogP contribution < -0.4 is 4.72 Å².